The molecule has 0 fully saturated rings. The van der Waals surface area contributed by atoms with Crippen molar-refractivity contribution in [1.29, 1.82) is 0 Å². The number of carbonyl (C=O) groups is 2. The van der Waals surface area contributed by atoms with E-state index in [0.717, 1.165) is 5.56 Å². The molecule has 0 saturated heterocycles. The SMILES string of the molecule is Cc1ccc(Cl)cc1NC(=O)CNCC(O)C(N)=O. The van der Waals surface area contributed by atoms with Crippen molar-refractivity contribution in [2.45, 2.75) is 13.0 Å². The molecule has 1 aromatic carbocycles. The van der Waals surface area contributed by atoms with Gasteiger partial charge in [-0.1, -0.05) is 17.7 Å². The maximum atomic E-state index is 11.6. The molecule has 1 aromatic rings. The summed E-state index contributed by atoms with van der Waals surface area (Å²) in [6.45, 7) is 1.73. The first-order valence-corrected chi connectivity index (χ1v) is 6.02. The van der Waals surface area contributed by atoms with Gasteiger partial charge in [0.2, 0.25) is 11.8 Å². The summed E-state index contributed by atoms with van der Waals surface area (Å²) in [6.07, 6.45) is -1.30. The Hall–Kier alpha value is -1.63. The van der Waals surface area contributed by atoms with Crippen molar-refractivity contribution in [2.75, 3.05) is 18.4 Å². The van der Waals surface area contributed by atoms with E-state index in [2.05, 4.69) is 10.6 Å². The smallest absolute Gasteiger partial charge is 0.247 e. The average Bonchev–Trinajstić information content (AvgIpc) is 2.33. The number of aryl methyl sites for hydroxylation is 1. The number of primary amides is 1. The molecule has 0 bridgehead atoms. The van der Waals surface area contributed by atoms with Crippen LogP contribution >= 0.6 is 11.6 Å². The second-order valence-corrected chi connectivity index (χ2v) is 4.49. The zero-order valence-corrected chi connectivity index (χ0v) is 11.2. The Bertz CT molecular complexity index is 479. The molecule has 0 aliphatic rings. The Kier molecular flexibility index (Phi) is 5.75. The zero-order valence-electron chi connectivity index (χ0n) is 10.4. The van der Waals surface area contributed by atoms with Gasteiger partial charge in [-0.3, -0.25) is 9.59 Å². The lowest BCUT2D eigenvalue weighted by Gasteiger charge is -2.10. The van der Waals surface area contributed by atoms with Crippen LogP contribution in [-0.4, -0.2) is 36.1 Å². The number of carbonyl (C=O) groups excluding carboxylic acids is 2. The van der Waals surface area contributed by atoms with E-state index in [1.165, 1.54) is 0 Å². The molecule has 1 unspecified atom stereocenters. The fraction of sp³-hybridized carbons (Fsp3) is 0.333. The third-order valence-electron chi connectivity index (χ3n) is 2.43. The van der Waals surface area contributed by atoms with E-state index in [4.69, 9.17) is 22.4 Å². The topological polar surface area (TPSA) is 104 Å². The summed E-state index contributed by atoms with van der Waals surface area (Å²) in [5, 5.41) is 14.9. The number of benzene rings is 1. The maximum Gasteiger partial charge on any atom is 0.247 e. The molecule has 104 valence electrons. The summed E-state index contributed by atoms with van der Waals surface area (Å²) >= 11 is 5.83. The summed E-state index contributed by atoms with van der Waals surface area (Å²) in [4.78, 5) is 22.2. The van der Waals surface area contributed by atoms with Gasteiger partial charge in [0, 0.05) is 17.3 Å². The third-order valence-corrected chi connectivity index (χ3v) is 2.66. The van der Waals surface area contributed by atoms with Crippen LogP contribution < -0.4 is 16.4 Å². The molecule has 0 aliphatic carbocycles. The van der Waals surface area contributed by atoms with E-state index in [1.54, 1.807) is 18.2 Å². The molecule has 0 aliphatic heterocycles. The van der Waals surface area contributed by atoms with Crippen LogP contribution in [0.25, 0.3) is 0 Å². The molecule has 0 heterocycles. The van der Waals surface area contributed by atoms with Gasteiger partial charge in [-0.25, -0.2) is 0 Å². The van der Waals surface area contributed by atoms with Gasteiger partial charge < -0.3 is 21.5 Å². The van der Waals surface area contributed by atoms with Crippen LogP contribution in [0, 0.1) is 6.92 Å². The first-order valence-electron chi connectivity index (χ1n) is 5.64. The normalized spacial score (nSPS) is 11.9. The summed E-state index contributed by atoms with van der Waals surface area (Å²) in [7, 11) is 0. The van der Waals surface area contributed by atoms with Crippen LogP contribution in [0.4, 0.5) is 5.69 Å². The molecule has 7 heteroatoms. The number of aliphatic hydroxyl groups is 1. The lowest BCUT2D eigenvalue weighted by molar-refractivity contribution is -0.126. The van der Waals surface area contributed by atoms with E-state index in [1.807, 2.05) is 6.92 Å². The lowest BCUT2D eigenvalue weighted by atomic mass is 10.2. The predicted octanol–water partition coefficient (Wildman–Crippen LogP) is 0.0227. The minimum atomic E-state index is -1.30. The molecule has 1 rings (SSSR count). The van der Waals surface area contributed by atoms with Gasteiger partial charge in [0.25, 0.3) is 0 Å². The highest BCUT2D eigenvalue weighted by molar-refractivity contribution is 6.31. The van der Waals surface area contributed by atoms with Gasteiger partial charge in [0.1, 0.15) is 6.10 Å². The van der Waals surface area contributed by atoms with Crippen molar-refractivity contribution >= 4 is 29.1 Å². The van der Waals surface area contributed by atoms with E-state index < -0.39 is 12.0 Å². The van der Waals surface area contributed by atoms with Crippen molar-refractivity contribution in [3.63, 3.8) is 0 Å². The minimum Gasteiger partial charge on any atom is -0.382 e. The number of nitrogens with one attached hydrogen (secondary N) is 2. The Balaban J connectivity index is 2.43. The molecule has 0 spiro atoms. The van der Waals surface area contributed by atoms with Crippen molar-refractivity contribution in [2.24, 2.45) is 5.73 Å². The average molecular weight is 286 g/mol. The number of hydrogen-bond donors (Lipinski definition) is 4. The van der Waals surface area contributed by atoms with E-state index in [0.29, 0.717) is 10.7 Å². The van der Waals surface area contributed by atoms with Crippen LogP contribution in [0.5, 0.6) is 0 Å². The highest BCUT2D eigenvalue weighted by Gasteiger charge is 2.11. The molecule has 0 radical (unpaired) electrons. The first-order chi connectivity index (χ1) is 8.90. The molecule has 2 amide bonds. The highest BCUT2D eigenvalue weighted by Crippen LogP contribution is 2.19. The van der Waals surface area contributed by atoms with Crippen molar-refractivity contribution in [3.8, 4) is 0 Å². The molecule has 6 nitrogen and oxygen atoms in total. The second kappa shape index (κ2) is 7.08. The van der Waals surface area contributed by atoms with Crippen LogP contribution in [0.15, 0.2) is 18.2 Å². The summed E-state index contributed by atoms with van der Waals surface area (Å²) in [6, 6.07) is 5.17. The summed E-state index contributed by atoms with van der Waals surface area (Å²) in [5.41, 5.74) is 6.37. The van der Waals surface area contributed by atoms with Crippen molar-refractivity contribution < 1.29 is 14.7 Å². The van der Waals surface area contributed by atoms with Crippen molar-refractivity contribution in [1.82, 2.24) is 5.32 Å². The number of hydrogen-bond acceptors (Lipinski definition) is 4. The van der Waals surface area contributed by atoms with Gasteiger partial charge in [0.05, 0.1) is 6.54 Å². The van der Waals surface area contributed by atoms with Crippen LogP contribution in [-0.2, 0) is 9.59 Å². The van der Waals surface area contributed by atoms with E-state index in [9.17, 15) is 9.59 Å². The largest absolute Gasteiger partial charge is 0.382 e. The fourth-order valence-corrected chi connectivity index (χ4v) is 1.52. The van der Waals surface area contributed by atoms with Crippen molar-refractivity contribution in [3.05, 3.63) is 28.8 Å². The van der Waals surface area contributed by atoms with E-state index >= 15 is 0 Å². The molecule has 19 heavy (non-hydrogen) atoms. The van der Waals surface area contributed by atoms with Gasteiger partial charge in [-0.2, -0.15) is 0 Å². The summed E-state index contributed by atoms with van der Waals surface area (Å²) in [5.74, 6) is -1.14. The lowest BCUT2D eigenvalue weighted by Crippen LogP contribution is -2.40. The number of anilines is 1. The highest BCUT2D eigenvalue weighted by atomic mass is 35.5. The predicted molar refractivity (Wildman–Crippen MR) is 72.9 cm³/mol. The molecule has 5 N–H and O–H groups in total. The molecular weight excluding hydrogens is 270 g/mol. The third kappa shape index (κ3) is 5.25. The fourth-order valence-electron chi connectivity index (χ4n) is 1.35. The van der Waals surface area contributed by atoms with Crippen LogP contribution in [0.1, 0.15) is 5.56 Å². The number of nitrogens with two attached hydrogens (primary N) is 1. The number of aliphatic hydroxyl groups excluding tert-OH is 1. The Labute approximate surface area is 115 Å². The Morgan fingerprint density at radius 3 is 2.79 bits per heavy atom. The van der Waals surface area contributed by atoms with Gasteiger partial charge >= 0.3 is 0 Å². The standard InChI is InChI=1S/C12H16ClN3O3/c1-7-2-3-8(13)4-9(7)16-11(18)6-15-5-10(17)12(14)19/h2-4,10,15,17H,5-6H2,1H3,(H2,14,19)(H,16,18). The molecule has 0 aromatic heterocycles. The van der Waals surface area contributed by atoms with Gasteiger partial charge in [-0.15, -0.1) is 0 Å². The summed E-state index contributed by atoms with van der Waals surface area (Å²) < 4.78 is 0. The Morgan fingerprint density at radius 1 is 1.47 bits per heavy atom. The van der Waals surface area contributed by atoms with Gasteiger partial charge in [0.15, 0.2) is 0 Å². The quantitative estimate of drug-likeness (QED) is 0.591. The Morgan fingerprint density at radius 2 is 2.16 bits per heavy atom. The number of rotatable bonds is 6. The number of halogens is 1. The maximum absolute atomic E-state index is 11.6. The zero-order chi connectivity index (χ0) is 14.4. The molecule has 1 atom stereocenters. The molecule has 0 saturated carbocycles. The minimum absolute atomic E-state index is 0.0453. The monoisotopic (exact) mass is 285 g/mol. The first kappa shape index (κ1) is 15.4. The van der Waals surface area contributed by atoms with E-state index in [-0.39, 0.29) is 19.0 Å². The number of amides is 2. The molecular formula is C12H16ClN3O3. The van der Waals surface area contributed by atoms with Gasteiger partial charge in [-0.05, 0) is 24.6 Å². The van der Waals surface area contributed by atoms with Crippen LogP contribution in [0.2, 0.25) is 5.02 Å². The second-order valence-electron chi connectivity index (χ2n) is 4.06. The van der Waals surface area contributed by atoms with Crippen LogP contribution in [0.3, 0.4) is 0 Å².